The quantitative estimate of drug-likeness (QED) is 0.211. The summed E-state index contributed by atoms with van der Waals surface area (Å²) in [5.41, 5.74) is 1.88. The van der Waals surface area contributed by atoms with Gasteiger partial charge in [0.15, 0.2) is 12.6 Å². The molecule has 23 heavy (non-hydrogen) atoms. The van der Waals surface area contributed by atoms with E-state index in [1.54, 1.807) is 6.08 Å². The van der Waals surface area contributed by atoms with Gasteiger partial charge in [-0.3, -0.25) is 4.79 Å². The molecule has 0 heterocycles. The van der Waals surface area contributed by atoms with Gasteiger partial charge in [0.1, 0.15) is 6.29 Å². The zero-order chi connectivity index (χ0) is 17.5. The normalized spacial score (nSPS) is 12.0. The van der Waals surface area contributed by atoms with E-state index in [9.17, 15) is 4.79 Å². The average Bonchev–Trinajstić information content (AvgIpc) is 2.52. The van der Waals surface area contributed by atoms with Crippen LogP contribution in [0.3, 0.4) is 0 Å². The lowest BCUT2D eigenvalue weighted by molar-refractivity contribution is -0.165. The molecule has 0 rings (SSSR count). The number of hydrogen-bond donors (Lipinski definition) is 0. The smallest absolute Gasteiger partial charge is 0.184 e. The molecule has 5 heteroatoms. The van der Waals surface area contributed by atoms with Crippen LogP contribution in [0.15, 0.2) is 23.3 Å². The van der Waals surface area contributed by atoms with E-state index in [4.69, 9.17) is 18.9 Å². The fraction of sp³-hybridized carbons (Fsp3) is 0.722. The minimum Gasteiger partial charge on any atom is -0.349 e. The van der Waals surface area contributed by atoms with Crippen molar-refractivity contribution in [2.24, 2.45) is 0 Å². The van der Waals surface area contributed by atoms with Crippen LogP contribution in [0.5, 0.6) is 0 Å². The SMILES string of the molecule is CCOC(OCC)C(=CCCC(C)=CC=O)C(OCC)OCC. The predicted molar refractivity (Wildman–Crippen MR) is 91.2 cm³/mol. The van der Waals surface area contributed by atoms with Gasteiger partial charge in [-0.05, 0) is 53.5 Å². The van der Waals surface area contributed by atoms with E-state index in [-0.39, 0.29) is 0 Å². The summed E-state index contributed by atoms with van der Waals surface area (Å²) < 4.78 is 22.8. The zero-order valence-corrected chi connectivity index (χ0v) is 15.2. The Morgan fingerprint density at radius 2 is 1.30 bits per heavy atom. The lowest BCUT2D eigenvalue weighted by atomic mass is 10.1. The maximum Gasteiger partial charge on any atom is 0.184 e. The Morgan fingerprint density at radius 3 is 1.65 bits per heavy atom. The van der Waals surface area contributed by atoms with Gasteiger partial charge in [-0.25, -0.2) is 0 Å². The second-order valence-electron chi connectivity index (χ2n) is 4.88. The maximum atomic E-state index is 10.5. The van der Waals surface area contributed by atoms with E-state index < -0.39 is 12.6 Å². The van der Waals surface area contributed by atoms with Crippen LogP contribution in [0.25, 0.3) is 0 Å². The molecule has 0 amide bonds. The van der Waals surface area contributed by atoms with Crippen LogP contribution >= 0.6 is 0 Å². The molecular formula is C18H32O5. The first-order chi connectivity index (χ1) is 11.1. The third kappa shape index (κ3) is 9.66. The number of hydrogen-bond acceptors (Lipinski definition) is 5. The van der Waals surface area contributed by atoms with Crippen molar-refractivity contribution in [3.8, 4) is 0 Å². The van der Waals surface area contributed by atoms with E-state index in [0.29, 0.717) is 26.4 Å². The van der Waals surface area contributed by atoms with Crippen LogP contribution < -0.4 is 0 Å². The van der Waals surface area contributed by atoms with Gasteiger partial charge in [0.25, 0.3) is 0 Å². The predicted octanol–water partition coefficient (Wildman–Crippen LogP) is 3.64. The highest BCUT2D eigenvalue weighted by atomic mass is 16.7. The molecule has 0 unspecified atom stereocenters. The molecule has 0 spiro atoms. The lowest BCUT2D eigenvalue weighted by Crippen LogP contribution is -2.31. The minimum atomic E-state index is -0.483. The second kappa shape index (κ2) is 14.6. The molecule has 0 aliphatic rings. The monoisotopic (exact) mass is 328 g/mol. The highest BCUT2D eigenvalue weighted by Gasteiger charge is 2.24. The first-order valence-corrected chi connectivity index (χ1v) is 8.41. The molecule has 5 nitrogen and oxygen atoms in total. The molecule has 0 atom stereocenters. The Balaban J connectivity index is 5.20. The number of allylic oxidation sites excluding steroid dienone is 3. The molecule has 0 saturated heterocycles. The van der Waals surface area contributed by atoms with Gasteiger partial charge in [0.05, 0.1) is 0 Å². The van der Waals surface area contributed by atoms with Gasteiger partial charge < -0.3 is 18.9 Å². The molecule has 0 aromatic rings. The molecule has 0 N–H and O–H groups in total. The first-order valence-electron chi connectivity index (χ1n) is 8.41. The summed E-state index contributed by atoms with van der Waals surface area (Å²) >= 11 is 0. The summed E-state index contributed by atoms with van der Waals surface area (Å²) in [4.78, 5) is 10.5. The topological polar surface area (TPSA) is 54.0 Å². The van der Waals surface area contributed by atoms with Gasteiger partial charge in [0.2, 0.25) is 0 Å². The molecule has 0 aromatic heterocycles. The van der Waals surface area contributed by atoms with E-state index in [1.165, 1.54) is 0 Å². The number of rotatable bonds is 14. The van der Waals surface area contributed by atoms with Crippen LogP contribution in [0, 0.1) is 0 Å². The third-order valence-electron chi connectivity index (χ3n) is 3.09. The highest BCUT2D eigenvalue weighted by molar-refractivity contribution is 5.65. The fourth-order valence-electron chi connectivity index (χ4n) is 2.06. The van der Waals surface area contributed by atoms with Gasteiger partial charge in [-0.15, -0.1) is 0 Å². The Morgan fingerprint density at radius 1 is 0.870 bits per heavy atom. The Hall–Kier alpha value is -1.01. The van der Waals surface area contributed by atoms with E-state index in [1.807, 2.05) is 40.7 Å². The molecule has 0 fully saturated rings. The summed E-state index contributed by atoms with van der Waals surface area (Å²) in [6.07, 6.45) is 5.02. The lowest BCUT2D eigenvalue weighted by Gasteiger charge is -2.27. The molecule has 0 saturated carbocycles. The van der Waals surface area contributed by atoms with Gasteiger partial charge in [-0.1, -0.05) is 11.6 Å². The van der Waals surface area contributed by atoms with Crippen molar-refractivity contribution in [3.63, 3.8) is 0 Å². The second-order valence-corrected chi connectivity index (χ2v) is 4.88. The summed E-state index contributed by atoms with van der Waals surface area (Å²) in [5, 5.41) is 0. The summed E-state index contributed by atoms with van der Waals surface area (Å²) in [6.45, 7) is 11.8. The van der Waals surface area contributed by atoms with E-state index in [0.717, 1.165) is 30.3 Å². The van der Waals surface area contributed by atoms with Crippen molar-refractivity contribution in [1.29, 1.82) is 0 Å². The number of aldehydes is 1. The molecule has 0 aliphatic heterocycles. The van der Waals surface area contributed by atoms with Crippen molar-refractivity contribution in [3.05, 3.63) is 23.3 Å². The van der Waals surface area contributed by atoms with Gasteiger partial charge in [-0.2, -0.15) is 0 Å². The third-order valence-corrected chi connectivity index (χ3v) is 3.09. The number of carbonyl (C=O) groups is 1. The van der Waals surface area contributed by atoms with Crippen molar-refractivity contribution < 1.29 is 23.7 Å². The highest BCUT2D eigenvalue weighted by Crippen LogP contribution is 2.20. The van der Waals surface area contributed by atoms with Crippen LogP contribution in [-0.4, -0.2) is 45.3 Å². The number of carbonyl (C=O) groups excluding carboxylic acids is 1. The maximum absolute atomic E-state index is 10.5. The Kier molecular flexibility index (Phi) is 13.9. The Labute approximate surface area is 140 Å². The molecule has 0 aromatic carbocycles. The van der Waals surface area contributed by atoms with E-state index >= 15 is 0 Å². The fourth-order valence-corrected chi connectivity index (χ4v) is 2.06. The average molecular weight is 328 g/mol. The summed E-state index contributed by atoms with van der Waals surface area (Å²) in [7, 11) is 0. The molecular weight excluding hydrogens is 296 g/mol. The molecule has 134 valence electrons. The van der Waals surface area contributed by atoms with Crippen LogP contribution in [0.2, 0.25) is 0 Å². The van der Waals surface area contributed by atoms with Gasteiger partial charge in [0, 0.05) is 32.0 Å². The van der Waals surface area contributed by atoms with Crippen molar-refractivity contribution in [2.75, 3.05) is 26.4 Å². The van der Waals surface area contributed by atoms with E-state index in [2.05, 4.69) is 0 Å². The Bertz CT molecular complexity index is 332. The van der Waals surface area contributed by atoms with Crippen LogP contribution in [-0.2, 0) is 23.7 Å². The molecule has 0 bridgehead atoms. The van der Waals surface area contributed by atoms with Crippen molar-refractivity contribution in [2.45, 2.75) is 60.0 Å². The van der Waals surface area contributed by atoms with Crippen molar-refractivity contribution in [1.82, 2.24) is 0 Å². The largest absolute Gasteiger partial charge is 0.349 e. The zero-order valence-electron chi connectivity index (χ0n) is 15.2. The van der Waals surface area contributed by atoms with Crippen LogP contribution in [0.1, 0.15) is 47.5 Å². The first kappa shape index (κ1) is 22.0. The molecule has 0 radical (unpaired) electrons. The standard InChI is InChI=1S/C18H32O5/c1-6-20-17(21-7-2)16(18(22-8-3)23-9-4)12-10-11-15(5)13-14-19/h12-14,17-18H,6-11H2,1-5H3. The summed E-state index contributed by atoms with van der Waals surface area (Å²) in [6, 6.07) is 0. The number of ether oxygens (including phenoxy) is 4. The summed E-state index contributed by atoms with van der Waals surface area (Å²) in [5.74, 6) is 0. The van der Waals surface area contributed by atoms with Gasteiger partial charge >= 0.3 is 0 Å². The van der Waals surface area contributed by atoms with Crippen LogP contribution in [0.4, 0.5) is 0 Å². The molecule has 0 aliphatic carbocycles. The minimum absolute atomic E-state index is 0.483. The van der Waals surface area contributed by atoms with Crippen molar-refractivity contribution >= 4 is 6.29 Å².